The van der Waals surface area contributed by atoms with Crippen LogP contribution < -0.4 is 10.1 Å². The molecule has 2 aromatic rings. The molecule has 0 spiro atoms. The van der Waals surface area contributed by atoms with Crippen LogP contribution in [0.15, 0.2) is 46.3 Å². The van der Waals surface area contributed by atoms with Gasteiger partial charge in [0.05, 0.1) is 6.04 Å². The molecule has 0 saturated carbocycles. The van der Waals surface area contributed by atoms with Crippen LogP contribution in [-0.2, 0) is 14.3 Å². The maximum absolute atomic E-state index is 11.7. The number of nitrogens with one attached hydrogen (secondary N) is 1. The molecule has 23 heavy (non-hydrogen) atoms. The SMILES string of the molecule is C[C@H](NC(=O)COC(=O)COc1cccc(Br)c1)c1cccs1. The summed E-state index contributed by atoms with van der Waals surface area (Å²) < 4.78 is 11.0. The maximum Gasteiger partial charge on any atom is 0.344 e. The molecular formula is C16H16BrNO4S. The van der Waals surface area contributed by atoms with Gasteiger partial charge in [-0.1, -0.05) is 28.1 Å². The Balaban J connectivity index is 1.68. The van der Waals surface area contributed by atoms with Crippen molar-refractivity contribution in [2.45, 2.75) is 13.0 Å². The summed E-state index contributed by atoms with van der Waals surface area (Å²) >= 11 is 4.87. The van der Waals surface area contributed by atoms with Crippen LogP contribution in [0.1, 0.15) is 17.8 Å². The standard InChI is InChI=1S/C16H16BrNO4S/c1-11(14-6-3-7-23-14)18-15(19)9-22-16(20)10-21-13-5-2-4-12(17)8-13/h2-8,11H,9-10H2,1H3,(H,18,19)/t11-/m0/s1. The predicted octanol–water partition coefficient (Wildman–Crippen LogP) is 3.31. The monoisotopic (exact) mass is 397 g/mol. The van der Waals surface area contributed by atoms with E-state index in [4.69, 9.17) is 9.47 Å². The molecule has 0 fully saturated rings. The number of esters is 1. The first-order chi connectivity index (χ1) is 11.0. The van der Waals surface area contributed by atoms with Crippen molar-refractivity contribution in [1.82, 2.24) is 5.32 Å². The number of carbonyl (C=O) groups excluding carboxylic acids is 2. The number of benzene rings is 1. The summed E-state index contributed by atoms with van der Waals surface area (Å²) in [5.41, 5.74) is 0. The van der Waals surface area contributed by atoms with E-state index in [1.165, 1.54) is 0 Å². The number of halogens is 1. The Morgan fingerprint density at radius 3 is 2.78 bits per heavy atom. The van der Waals surface area contributed by atoms with Crippen LogP contribution in [0.4, 0.5) is 0 Å². The molecule has 0 bridgehead atoms. The lowest BCUT2D eigenvalue weighted by molar-refractivity contribution is -0.150. The maximum atomic E-state index is 11.7. The van der Waals surface area contributed by atoms with Crippen molar-refractivity contribution in [3.63, 3.8) is 0 Å². The van der Waals surface area contributed by atoms with Crippen molar-refractivity contribution in [3.05, 3.63) is 51.1 Å². The smallest absolute Gasteiger partial charge is 0.344 e. The van der Waals surface area contributed by atoms with Crippen molar-refractivity contribution in [1.29, 1.82) is 0 Å². The average molecular weight is 398 g/mol. The molecule has 7 heteroatoms. The van der Waals surface area contributed by atoms with E-state index in [1.54, 1.807) is 29.5 Å². The lowest BCUT2D eigenvalue weighted by Gasteiger charge is -2.12. The van der Waals surface area contributed by atoms with Gasteiger partial charge in [-0.15, -0.1) is 11.3 Å². The van der Waals surface area contributed by atoms with Gasteiger partial charge in [0.2, 0.25) is 0 Å². The molecule has 0 radical (unpaired) electrons. The van der Waals surface area contributed by atoms with Crippen molar-refractivity contribution < 1.29 is 19.1 Å². The fraction of sp³-hybridized carbons (Fsp3) is 0.250. The third-order valence-electron chi connectivity index (χ3n) is 2.86. The highest BCUT2D eigenvalue weighted by molar-refractivity contribution is 9.10. The lowest BCUT2D eigenvalue weighted by atomic mass is 10.3. The predicted molar refractivity (Wildman–Crippen MR) is 91.5 cm³/mol. The first kappa shape index (κ1) is 17.5. The molecule has 1 aromatic heterocycles. The second kappa shape index (κ2) is 8.69. The van der Waals surface area contributed by atoms with Gasteiger partial charge in [-0.25, -0.2) is 4.79 Å². The summed E-state index contributed by atoms with van der Waals surface area (Å²) in [6, 6.07) is 10.9. The summed E-state index contributed by atoms with van der Waals surface area (Å²) in [7, 11) is 0. The van der Waals surface area contributed by atoms with Crippen molar-refractivity contribution in [2.75, 3.05) is 13.2 Å². The summed E-state index contributed by atoms with van der Waals surface area (Å²) in [6.45, 7) is 1.31. The highest BCUT2D eigenvalue weighted by Gasteiger charge is 2.12. The van der Waals surface area contributed by atoms with Gasteiger partial charge < -0.3 is 14.8 Å². The molecule has 0 unspecified atom stereocenters. The first-order valence-corrected chi connectivity index (χ1v) is 8.58. The number of thiophene rings is 1. The number of ether oxygens (including phenoxy) is 2. The van der Waals surface area contributed by atoms with Gasteiger partial charge in [0.1, 0.15) is 5.75 Å². The van der Waals surface area contributed by atoms with Gasteiger partial charge in [0.25, 0.3) is 5.91 Å². The summed E-state index contributed by atoms with van der Waals surface area (Å²) in [4.78, 5) is 24.4. The van der Waals surface area contributed by atoms with E-state index < -0.39 is 5.97 Å². The van der Waals surface area contributed by atoms with E-state index in [0.717, 1.165) is 9.35 Å². The Labute approximate surface area is 146 Å². The molecule has 2 rings (SSSR count). The number of amides is 1. The molecule has 0 aliphatic rings. The van der Waals surface area contributed by atoms with Gasteiger partial charge >= 0.3 is 5.97 Å². The fourth-order valence-electron chi connectivity index (χ4n) is 1.78. The largest absolute Gasteiger partial charge is 0.482 e. The summed E-state index contributed by atoms with van der Waals surface area (Å²) in [5.74, 6) is -0.391. The Hall–Kier alpha value is -1.86. The van der Waals surface area contributed by atoms with Crippen LogP contribution >= 0.6 is 27.3 Å². The number of hydrogen-bond acceptors (Lipinski definition) is 5. The van der Waals surface area contributed by atoms with Crippen molar-refractivity contribution >= 4 is 39.1 Å². The number of rotatable bonds is 7. The van der Waals surface area contributed by atoms with E-state index in [9.17, 15) is 9.59 Å². The molecule has 0 saturated heterocycles. The van der Waals surface area contributed by atoms with Gasteiger partial charge in [-0.3, -0.25) is 4.79 Å². The third kappa shape index (κ3) is 6.03. The van der Waals surface area contributed by atoms with E-state index in [-0.39, 0.29) is 25.2 Å². The summed E-state index contributed by atoms with van der Waals surface area (Å²) in [6.07, 6.45) is 0. The fourth-order valence-corrected chi connectivity index (χ4v) is 2.89. The Bertz CT molecular complexity index is 660. The molecule has 1 heterocycles. The van der Waals surface area contributed by atoms with Gasteiger partial charge in [-0.2, -0.15) is 0 Å². The van der Waals surface area contributed by atoms with Crippen LogP contribution in [0.2, 0.25) is 0 Å². The highest BCUT2D eigenvalue weighted by atomic mass is 79.9. The molecular weight excluding hydrogens is 382 g/mol. The number of hydrogen-bond donors (Lipinski definition) is 1. The minimum absolute atomic E-state index is 0.112. The van der Waals surface area contributed by atoms with Crippen LogP contribution in [0.3, 0.4) is 0 Å². The van der Waals surface area contributed by atoms with Gasteiger partial charge in [0.15, 0.2) is 13.2 Å². The molecule has 0 aliphatic heterocycles. The Morgan fingerprint density at radius 1 is 1.26 bits per heavy atom. The molecule has 1 N–H and O–H groups in total. The third-order valence-corrected chi connectivity index (χ3v) is 4.41. The van der Waals surface area contributed by atoms with Crippen LogP contribution in [0, 0.1) is 0 Å². The highest BCUT2D eigenvalue weighted by Crippen LogP contribution is 2.18. The average Bonchev–Trinajstić information content (AvgIpc) is 3.05. The zero-order chi connectivity index (χ0) is 16.7. The topological polar surface area (TPSA) is 64.6 Å². The molecule has 1 aromatic carbocycles. The first-order valence-electron chi connectivity index (χ1n) is 6.91. The molecule has 0 aliphatic carbocycles. The lowest BCUT2D eigenvalue weighted by Crippen LogP contribution is -2.31. The second-order valence-electron chi connectivity index (χ2n) is 4.71. The van der Waals surface area contributed by atoms with Crippen LogP contribution in [-0.4, -0.2) is 25.1 Å². The van der Waals surface area contributed by atoms with E-state index in [1.807, 2.05) is 30.5 Å². The summed E-state index contributed by atoms with van der Waals surface area (Å²) in [5, 5.41) is 4.71. The molecule has 5 nitrogen and oxygen atoms in total. The van der Waals surface area contributed by atoms with Gasteiger partial charge in [0, 0.05) is 9.35 Å². The minimum atomic E-state index is -0.594. The van der Waals surface area contributed by atoms with Crippen LogP contribution in [0.25, 0.3) is 0 Å². The molecule has 122 valence electrons. The quantitative estimate of drug-likeness (QED) is 0.727. The molecule has 1 atom stereocenters. The van der Waals surface area contributed by atoms with Crippen molar-refractivity contribution in [2.24, 2.45) is 0 Å². The second-order valence-corrected chi connectivity index (χ2v) is 6.61. The zero-order valence-electron chi connectivity index (χ0n) is 12.5. The van der Waals surface area contributed by atoms with E-state index in [0.29, 0.717) is 5.75 Å². The number of carbonyl (C=O) groups is 2. The normalized spacial score (nSPS) is 11.6. The Morgan fingerprint density at radius 2 is 2.09 bits per heavy atom. The van der Waals surface area contributed by atoms with Gasteiger partial charge in [-0.05, 0) is 36.6 Å². The van der Waals surface area contributed by atoms with Crippen molar-refractivity contribution in [3.8, 4) is 5.75 Å². The van der Waals surface area contributed by atoms with E-state index >= 15 is 0 Å². The van der Waals surface area contributed by atoms with Crippen LogP contribution in [0.5, 0.6) is 5.75 Å². The minimum Gasteiger partial charge on any atom is -0.482 e. The molecule has 1 amide bonds. The van der Waals surface area contributed by atoms with E-state index in [2.05, 4.69) is 21.2 Å². The Kier molecular flexibility index (Phi) is 6.61. The zero-order valence-corrected chi connectivity index (χ0v) is 14.9.